The van der Waals surface area contributed by atoms with Crippen LogP contribution >= 0.6 is 11.6 Å². The van der Waals surface area contributed by atoms with Gasteiger partial charge < -0.3 is 14.6 Å². The number of nitrogens with one attached hydrogen (secondary N) is 1. The van der Waals surface area contributed by atoms with Crippen molar-refractivity contribution >= 4 is 34.2 Å². The van der Waals surface area contributed by atoms with Crippen LogP contribution < -0.4 is 10.7 Å². The lowest BCUT2D eigenvalue weighted by Gasteiger charge is -2.21. The molecular weight excluding hydrogens is 477 g/mol. The van der Waals surface area contributed by atoms with Gasteiger partial charge in [-0.1, -0.05) is 24.6 Å². The number of hydrogen-bond acceptors (Lipinski definition) is 5. The molecule has 36 heavy (non-hydrogen) atoms. The molecule has 1 heterocycles. The van der Waals surface area contributed by atoms with Gasteiger partial charge in [-0.2, -0.15) is 0 Å². The van der Waals surface area contributed by atoms with Gasteiger partial charge in [-0.3, -0.25) is 9.98 Å². The van der Waals surface area contributed by atoms with Crippen LogP contribution in [0.1, 0.15) is 27.2 Å². The Bertz CT molecular complexity index is 1490. The average molecular weight is 506 g/mol. The molecule has 6 nitrogen and oxygen atoms in total. The second kappa shape index (κ2) is 10.9. The SMILES string of the molecule is CC/C=C(/Nc1cc2nc3ccc(F)cc3n(-c3ccc(Cl)cc3)c-2cc1=NC(C)C)C(=NC)OC. The monoisotopic (exact) mass is 505 g/mol. The van der Waals surface area contributed by atoms with Gasteiger partial charge in [-0.15, -0.1) is 0 Å². The smallest absolute Gasteiger partial charge is 0.232 e. The number of allylic oxidation sites excluding steroid dienone is 1. The van der Waals surface area contributed by atoms with Crippen LogP contribution in [0.2, 0.25) is 5.02 Å². The Kier molecular flexibility index (Phi) is 7.70. The van der Waals surface area contributed by atoms with Gasteiger partial charge in [0, 0.05) is 29.9 Å². The van der Waals surface area contributed by atoms with Crippen molar-refractivity contribution < 1.29 is 9.13 Å². The third kappa shape index (κ3) is 5.26. The number of hydrogen-bond donors (Lipinski definition) is 1. The molecule has 2 aliphatic rings. The van der Waals surface area contributed by atoms with Crippen LogP contribution in [-0.2, 0) is 4.74 Å². The lowest BCUT2D eigenvalue weighted by atomic mass is 10.1. The number of methoxy groups -OCH3 is 1. The van der Waals surface area contributed by atoms with Crippen LogP contribution in [0.5, 0.6) is 0 Å². The molecule has 0 bridgehead atoms. The lowest BCUT2D eigenvalue weighted by molar-refractivity contribution is 0.403. The molecule has 2 aromatic carbocycles. The fraction of sp³-hybridized carbons (Fsp3) is 0.250. The molecule has 1 N–H and O–H groups in total. The summed E-state index contributed by atoms with van der Waals surface area (Å²) < 4.78 is 21.8. The molecule has 0 saturated carbocycles. The number of aliphatic imine (C=N–C) groups is 1. The third-order valence-electron chi connectivity index (χ3n) is 5.54. The summed E-state index contributed by atoms with van der Waals surface area (Å²) >= 11 is 6.16. The second-order valence-corrected chi connectivity index (χ2v) is 8.96. The van der Waals surface area contributed by atoms with E-state index in [0.29, 0.717) is 22.0 Å². The van der Waals surface area contributed by atoms with E-state index in [9.17, 15) is 4.39 Å². The standard InChI is InChI=1S/C28H29ClFN5O/c1-6-7-22(28(31-4)36-5)34-23-15-25-27(16-24(23)32-17(2)3)35(20-11-8-18(29)9-12-20)26-14-19(30)10-13-21(26)33-25/h7-17,34H,6H2,1-5H3/b22-7+,31-28?,32-24?. The van der Waals surface area contributed by atoms with Crippen LogP contribution in [0, 0.1) is 5.82 Å². The Hall–Kier alpha value is -3.71. The highest BCUT2D eigenvalue weighted by molar-refractivity contribution is 6.30. The van der Waals surface area contributed by atoms with E-state index in [-0.39, 0.29) is 11.9 Å². The Morgan fingerprint density at radius 1 is 1.17 bits per heavy atom. The number of nitrogens with zero attached hydrogens (tertiary/aromatic N) is 4. The van der Waals surface area contributed by atoms with Crippen LogP contribution in [0.25, 0.3) is 28.1 Å². The second-order valence-electron chi connectivity index (χ2n) is 8.52. The fourth-order valence-corrected chi connectivity index (χ4v) is 4.21. The predicted octanol–water partition coefficient (Wildman–Crippen LogP) is 6.61. The number of halogens is 2. The first kappa shape index (κ1) is 25.4. The van der Waals surface area contributed by atoms with Gasteiger partial charge in [0.05, 0.1) is 46.3 Å². The topological polar surface area (TPSA) is 63.8 Å². The van der Waals surface area contributed by atoms with Crippen LogP contribution in [-0.4, -0.2) is 35.6 Å². The zero-order valence-electron chi connectivity index (χ0n) is 21.0. The van der Waals surface area contributed by atoms with Gasteiger partial charge in [-0.05, 0) is 68.8 Å². The highest BCUT2D eigenvalue weighted by Crippen LogP contribution is 2.31. The molecule has 1 aliphatic heterocycles. The molecule has 4 rings (SSSR count). The number of aromatic nitrogens is 2. The molecule has 0 aromatic heterocycles. The minimum absolute atomic E-state index is 0.0400. The molecule has 0 fully saturated rings. The predicted molar refractivity (Wildman–Crippen MR) is 146 cm³/mol. The van der Waals surface area contributed by atoms with E-state index in [2.05, 4.69) is 10.3 Å². The fourth-order valence-electron chi connectivity index (χ4n) is 4.08. The van der Waals surface area contributed by atoms with Crippen molar-refractivity contribution in [2.75, 3.05) is 19.5 Å². The molecule has 2 aromatic rings. The van der Waals surface area contributed by atoms with E-state index in [1.807, 2.05) is 67.8 Å². The number of ether oxygens (including phenoxy) is 1. The van der Waals surface area contributed by atoms with Gasteiger partial charge in [0.25, 0.3) is 0 Å². The summed E-state index contributed by atoms with van der Waals surface area (Å²) in [5.41, 5.74) is 5.17. The molecule has 186 valence electrons. The van der Waals surface area contributed by atoms with E-state index < -0.39 is 0 Å². The van der Waals surface area contributed by atoms with Crippen molar-refractivity contribution in [1.82, 2.24) is 9.55 Å². The Balaban J connectivity index is 2.06. The van der Waals surface area contributed by atoms with Crippen molar-refractivity contribution in [3.05, 3.63) is 82.6 Å². The Morgan fingerprint density at radius 3 is 2.56 bits per heavy atom. The maximum Gasteiger partial charge on any atom is 0.232 e. The normalized spacial score (nSPS) is 13.2. The molecule has 0 amide bonds. The van der Waals surface area contributed by atoms with Crippen molar-refractivity contribution in [1.29, 1.82) is 0 Å². The van der Waals surface area contributed by atoms with E-state index in [4.69, 9.17) is 26.3 Å². The van der Waals surface area contributed by atoms with Crippen LogP contribution in [0.3, 0.4) is 0 Å². The van der Waals surface area contributed by atoms with E-state index in [1.54, 1.807) is 20.2 Å². The van der Waals surface area contributed by atoms with Gasteiger partial charge in [0.2, 0.25) is 5.90 Å². The minimum atomic E-state index is -0.336. The summed E-state index contributed by atoms with van der Waals surface area (Å²) in [7, 11) is 3.28. The van der Waals surface area contributed by atoms with Gasteiger partial charge >= 0.3 is 0 Å². The van der Waals surface area contributed by atoms with Crippen molar-refractivity contribution in [2.24, 2.45) is 9.98 Å². The molecule has 0 spiro atoms. The Morgan fingerprint density at radius 2 is 1.92 bits per heavy atom. The minimum Gasteiger partial charge on any atom is -0.480 e. The van der Waals surface area contributed by atoms with E-state index in [0.717, 1.165) is 40.2 Å². The number of rotatable bonds is 6. The maximum absolute atomic E-state index is 14.4. The molecule has 0 radical (unpaired) electrons. The van der Waals surface area contributed by atoms with Crippen LogP contribution in [0.4, 0.5) is 10.1 Å². The van der Waals surface area contributed by atoms with Crippen molar-refractivity contribution in [2.45, 2.75) is 33.2 Å². The number of fused-ring (bicyclic) bond motifs is 2. The molecule has 0 atom stereocenters. The third-order valence-corrected chi connectivity index (χ3v) is 5.79. The summed E-state index contributed by atoms with van der Waals surface area (Å²) in [6.45, 7) is 6.09. The first-order valence-corrected chi connectivity index (χ1v) is 12.2. The summed E-state index contributed by atoms with van der Waals surface area (Å²) in [6, 6.07) is 16.0. The van der Waals surface area contributed by atoms with E-state index in [1.165, 1.54) is 12.1 Å². The Labute approximate surface area is 215 Å². The van der Waals surface area contributed by atoms with E-state index >= 15 is 0 Å². The summed E-state index contributed by atoms with van der Waals surface area (Å²) in [5.74, 6) is 0.155. The van der Waals surface area contributed by atoms with Crippen molar-refractivity contribution in [3.63, 3.8) is 0 Å². The summed E-state index contributed by atoms with van der Waals surface area (Å²) in [5, 5.41) is 4.82. The largest absolute Gasteiger partial charge is 0.480 e. The maximum atomic E-state index is 14.4. The number of benzene rings is 3. The average Bonchev–Trinajstić information content (AvgIpc) is 2.84. The van der Waals surface area contributed by atoms with Crippen LogP contribution in [0.15, 0.2) is 76.4 Å². The van der Waals surface area contributed by atoms with Gasteiger partial charge in [0.1, 0.15) is 5.82 Å². The van der Waals surface area contributed by atoms with Gasteiger partial charge in [0.15, 0.2) is 0 Å². The first-order valence-electron chi connectivity index (χ1n) is 11.8. The highest BCUT2D eigenvalue weighted by atomic mass is 35.5. The zero-order valence-corrected chi connectivity index (χ0v) is 21.8. The summed E-state index contributed by atoms with van der Waals surface area (Å²) in [6.07, 6.45) is 2.81. The molecule has 8 heteroatoms. The number of anilines is 1. The van der Waals surface area contributed by atoms with Crippen molar-refractivity contribution in [3.8, 4) is 17.1 Å². The highest BCUT2D eigenvalue weighted by Gasteiger charge is 2.18. The zero-order chi connectivity index (χ0) is 25.8. The summed E-state index contributed by atoms with van der Waals surface area (Å²) in [4.78, 5) is 14.0. The lowest BCUT2D eigenvalue weighted by Crippen LogP contribution is -2.21. The molecule has 0 unspecified atom stereocenters. The first-order chi connectivity index (χ1) is 17.3. The molecule has 1 aliphatic carbocycles. The molecular formula is C28H29ClFN5O. The van der Waals surface area contributed by atoms with Gasteiger partial charge in [-0.25, -0.2) is 9.37 Å². The molecule has 0 saturated heterocycles. The quantitative estimate of drug-likeness (QED) is 0.182.